The highest BCUT2D eigenvalue weighted by Crippen LogP contribution is 2.06. The van der Waals surface area contributed by atoms with Gasteiger partial charge in [-0.25, -0.2) is 0 Å². The molecule has 0 aliphatic rings. The van der Waals surface area contributed by atoms with E-state index in [4.69, 9.17) is 9.47 Å². The number of hydrogen-bond acceptors (Lipinski definition) is 5. The number of hydrogen-bond donors (Lipinski definition) is 1. The lowest BCUT2D eigenvalue weighted by Gasteiger charge is -2.30. The van der Waals surface area contributed by atoms with E-state index in [9.17, 15) is 9.59 Å². The number of nitrogens with zero attached hydrogens (tertiary/aromatic N) is 1. The highest BCUT2D eigenvalue weighted by atomic mass is 16.5. The molecular weight excluding hydrogens is 248 g/mol. The van der Waals surface area contributed by atoms with Crippen molar-refractivity contribution in [1.29, 1.82) is 0 Å². The molecule has 0 fully saturated rings. The number of ether oxygens (including phenoxy) is 2. The molecular formula is C13H26N2O4. The smallest absolute Gasteiger partial charge is 0.320 e. The van der Waals surface area contributed by atoms with Gasteiger partial charge in [-0.05, 0) is 27.7 Å². The first-order chi connectivity index (χ1) is 8.93. The van der Waals surface area contributed by atoms with Gasteiger partial charge in [-0.2, -0.15) is 0 Å². The SMILES string of the molecule is CCOC(=O)CN(C(C)C)C(C)C(=O)NCCOC. The van der Waals surface area contributed by atoms with Crippen LogP contribution in [0.15, 0.2) is 0 Å². The summed E-state index contributed by atoms with van der Waals surface area (Å²) in [5, 5.41) is 2.77. The Kier molecular flexibility index (Phi) is 9.16. The van der Waals surface area contributed by atoms with E-state index < -0.39 is 0 Å². The lowest BCUT2D eigenvalue weighted by Crippen LogP contribution is -2.50. The molecule has 112 valence electrons. The largest absolute Gasteiger partial charge is 0.465 e. The lowest BCUT2D eigenvalue weighted by molar-refractivity contribution is -0.146. The Bertz CT molecular complexity index is 282. The first kappa shape index (κ1) is 17.9. The van der Waals surface area contributed by atoms with Crippen LogP contribution in [-0.4, -0.2) is 62.3 Å². The van der Waals surface area contributed by atoms with E-state index >= 15 is 0 Å². The molecule has 0 aliphatic heterocycles. The van der Waals surface area contributed by atoms with Crippen LogP contribution in [0.3, 0.4) is 0 Å². The van der Waals surface area contributed by atoms with Gasteiger partial charge < -0.3 is 14.8 Å². The molecule has 0 rings (SSSR count). The maximum absolute atomic E-state index is 11.9. The predicted octanol–water partition coefficient (Wildman–Crippen LogP) is 0.411. The van der Waals surface area contributed by atoms with Crippen LogP contribution in [0, 0.1) is 0 Å². The molecule has 6 heteroatoms. The lowest BCUT2D eigenvalue weighted by atomic mass is 10.2. The van der Waals surface area contributed by atoms with E-state index in [-0.39, 0.29) is 30.5 Å². The van der Waals surface area contributed by atoms with Gasteiger partial charge in [0.2, 0.25) is 5.91 Å². The number of amides is 1. The summed E-state index contributed by atoms with van der Waals surface area (Å²) in [6, 6.07) is -0.311. The first-order valence-electron chi connectivity index (χ1n) is 6.62. The van der Waals surface area contributed by atoms with Crippen LogP contribution in [0.4, 0.5) is 0 Å². The molecule has 6 nitrogen and oxygen atoms in total. The predicted molar refractivity (Wildman–Crippen MR) is 72.8 cm³/mol. The summed E-state index contributed by atoms with van der Waals surface area (Å²) in [5.74, 6) is -0.428. The molecule has 0 saturated heterocycles. The normalized spacial score (nSPS) is 12.6. The molecule has 0 radical (unpaired) electrons. The van der Waals surface area contributed by atoms with E-state index in [1.807, 2.05) is 13.8 Å². The Balaban J connectivity index is 4.43. The minimum atomic E-state index is -0.388. The molecule has 0 aliphatic carbocycles. The highest BCUT2D eigenvalue weighted by molar-refractivity contribution is 5.82. The molecule has 0 aromatic heterocycles. The fourth-order valence-electron chi connectivity index (χ4n) is 1.70. The molecule has 1 amide bonds. The molecule has 0 spiro atoms. The van der Waals surface area contributed by atoms with Gasteiger partial charge in [0.25, 0.3) is 0 Å². The monoisotopic (exact) mass is 274 g/mol. The van der Waals surface area contributed by atoms with Crippen LogP contribution < -0.4 is 5.32 Å². The average molecular weight is 274 g/mol. The van der Waals surface area contributed by atoms with Crippen molar-refractivity contribution in [3.8, 4) is 0 Å². The van der Waals surface area contributed by atoms with Gasteiger partial charge >= 0.3 is 5.97 Å². The zero-order valence-electron chi connectivity index (χ0n) is 12.6. The Labute approximate surface area is 115 Å². The maximum atomic E-state index is 11.9. The summed E-state index contributed by atoms with van der Waals surface area (Å²) in [6.45, 7) is 8.82. The van der Waals surface area contributed by atoms with Crippen LogP contribution in [0.2, 0.25) is 0 Å². The van der Waals surface area contributed by atoms with Crippen LogP contribution in [0.25, 0.3) is 0 Å². The minimum absolute atomic E-state index is 0.0765. The molecule has 0 aromatic rings. The molecule has 0 saturated carbocycles. The van der Waals surface area contributed by atoms with Gasteiger partial charge in [-0.1, -0.05) is 0 Å². The molecule has 19 heavy (non-hydrogen) atoms. The van der Waals surface area contributed by atoms with Gasteiger partial charge in [0.05, 0.1) is 25.8 Å². The number of rotatable bonds is 9. The third-order valence-corrected chi connectivity index (χ3v) is 2.76. The second kappa shape index (κ2) is 9.75. The second-order valence-electron chi connectivity index (χ2n) is 4.53. The second-order valence-corrected chi connectivity index (χ2v) is 4.53. The summed E-state index contributed by atoms with van der Waals surface area (Å²) in [6.07, 6.45) is 0. The number of nitrogens with one attached hydrogen (secondary N) is 1. The van der Waals surface area contributed by atoms with Gasteiger partial charge in [0.15, 0.2) is 0 Å². The van der Waals surface area contributed by atoms with Crippen LogP contribution in [0.1, 0.15) is 27.7 Å². The van der Waals surface area contributed by atoms with E-state index in [2.05, 4.69) is 5.32 Å². The van der Waals surface area contributed by atoms with Crippen LogP contribution >= 0.6 is 0 Å². The maximum Gasteiger partial charge on any atom is 0.320 e. The Morgan fingerprint density at radius 2 is 1.89 bits per heavy atom. The zero-order valence-corrected chi connectivity index (χ0v) is 12.6. The molecule has 0 aromatic carbocycles. The third-order valence-electron chi connectivity index (χ3n) is 2.76. The van der Waals surface area contributed by atoms with Crippen LogP contribution in [-0.2, 0) is 19.1 Å². The molecule has 1 unspecified atom stereocenters. The van der Waals surface area contributed by atoms with Gasteiger partial charge in [0, 0.05) is 19.7 Å². The number of esters is 1. The standard InChI is InChI=1S/C13H26N2O4/c1-6-19-12(16)9-15(10(2)3)11(4)13(17)14-7-8-18-5/h10-11H,6-9H2,1-5H3,(H,14,17). The molecule has 1 N–H and O–H groups in total. The van der Waals surface area contributed by atoms with Crippen molar-refractivity contribution in [1.82, 2.24) is 10.2 Å². The fourth-order valence-corrected chi connectivity index (χ4v) is 1.70. The van der Waals surface area contributed by atoms with Crippen LogP contribution in [0.5, 0.6) is 0 Å². The highest BCUT2D eigenvalue weighted by Gasteiger charge is 2.25. The minimum Gasteiger partial charge on any atom is -0.465 e. The summed E-state index contributed by atoms with van der Waals surface area (Å²) >= 11 is 0. The summed E-state index contributed by atoms with van der Waals surface area (Å²) in [7, 11) is 1.58. The van der Waals surface area contributed by atoms with Gasteiger partial charge in [-0.3, -0.25) is 14.5 Å². The van der Waals surface area contributed by atoms with E-state index in [1.54, 1.807) is 25.9 Å². The third kappa shape index (κ3) is 7.12. The van der Waals surface area contributed by atoms with E-state index in [1.165, 1.54) is 0 Å². The molecule has 0 bridgehead atoms. The summed E-state index contributed by atoms with van der Waals surface area (Å²) in [5.41, 5.74) is 0. The van der Waals surface area contributed by atoms with Crippen molar-refractivity contribution in [2.75, 3.05) is 33.4 Å². The van der Waals surface area contributed by atoms with Crippen molar-refractivity contribution in [3.05, 3.63) is 0 Å². The van der Waals surface area contributed by atoms with Crippen molar-refractivity contribution < 1.29 is 19.1 Å². The van der Waals surface area contributed by atoms with Gasteiger partial charge in [-0.15, -0.1) is 0 Å². The first-order valence-corrected chi connectivity index (χ1v) is 6.62. The van der Waals surface area contributed by atoms with Gasteiger partial charge in [0.1, 0.15) is 0 Å². The summed E-state index contributed by atoms with van der Waals surface area (Å²) in [4.78, 5) is 25.3. The number of carbonyl (C=O) groups is 2. The Morgan fingerprint density at radius 1 is 1.26 bits per heavy atom. The van der Waals surface area contributed by atoms with E-state index in [0.29, 0.717) is 19.8 Å². The molecule has 0 heterocycles. The van der Waals surface area contributed by atoms with E-state index in [0.717, 1.165) is 0 Å². The fraction of sp³-hybridized carbons (Fsp3) is 0.846. The summed E-state index contributed by atoms with van der Waals surface area (Å²) < 4.78 is 9.79. The molecule has 1 atom stereocenters. The average Bonchev–Trinajstić information content (AvgIpc) is 2.35. The Hall–Kier alpha value is -1.14. The topological polar surface area (TPSA) is 67.9 Å². The van der Waals surface area contributed by atoms with Crippen molar-refractivity contribution in [2.45, 2.75) is 39.8 Å². The number of carbonyl (C=O) groups excluding carboxylic acids is 2. The van der Waals surface area contributed by atoms with Crippen molar-refractivity contribution in [2.24, 2.45) is 0 Å². The quantitative estimate of drug-likeness (QED) is 0.487. The zero-order chi connectivity index (χ0) is 14.8. The number of methoxy groups -OCH3 is 1. The Morgan fingerprint density at radius 3 is 2.37 bits per heavy atom. The van der Waals surface area contributed by atoms with Crippen molar-refractivity contribution in [3.63, 3.8) is 0 Å². The van der Waals surface area contributed by atoms with Crippen molar-refractivity contribution >= 4 is 11.9 Å².